The van der Waals surface area contributed by atoms with Crippen LogP contribution in [0.15, 0.2) is 30.3 Å². The first-order valence-electron chi connectivity index (χ1n) is 10.2. The largest absolute Gasteiger partial charge is 0.445 e. The standard InChI is InChI=1S/C22H32FN3O5/c1-15(2)12-18(25-22(30)31-14-16-8-6-5-7-9-16)21(29)24-17(19(27)13-23)10-11-20(28)26(3)4/h5-9,15,17-18H,10-14H2,1-4H3,(H,24,29)(H,25,30)/t17-,18-/m0/s1. The van der Waals surface area contributed by atoms with Gasteiger partial charge >= 0.3 is 6.09 Å². The monoisotopic (exact) mass is 437 g/mol. The molecule has 0 saturated carbocycles. The number of carbonyl (C=O) groups is 4. The molecule has 0 saturated heterocycles. The number of halogens is 1. The Labute approximate surface area is 182 Å². The van der Waals surface area contributed by atoms with Gasteiger partial charge in [0.2, 0.25) is 11.8 Å². The molecular weight excluding hydrogens is 405 g/mol. The van der Waals surface area contributed by atoms with Crippen molar-refractivity contribution in [3.8, 4) is 0 Å². The van der Waals surface area contributed by atoms with Crippen LogP contribution in [0, 0.1) is 5.92 Å². The third-order valence-electron chi connectivity index (χ3n) is 4.51. The lowest BCUT2D eigenvalue weighted by atomic mass is 10.0. The van der Waals surface area contributed by atoms with Crippen LogP contribution >= 0.6 is 0 Å². The molecule has 1 aromatic carbocycles. The summed E-state index contributed by atoms with van der Waals surface area (Å²) in [5, 5.41) is 4.99. The van der Waals surface area contributed by atoms with Crippen molar-refractivity contribution in [3.05, 3.63) is 35.9 Å². The van der Waals surface area contributed by atoms with Gasteiger partial charge in [0.25, 0.3) is 0 Å². The molecule has 0 radical (unpaired) electrons. The van der Waals surface area contributed by atoms with Gasteiger partial charge in [0, 0.05) is 20.5 Å². The Balaban J connectivity index is 2.75. The lowest BCUT2D eigenvalue weighted by Gasteiger charge is -2.23. The van der Waals surface area contributed by atoms with E-state index in [4.69, 9.17) is 4.74 Å². The molecule has 9 heteroatoms. The maximum Gasteiger partial charge on any atom is 0.408 e. The molecule has 8 nitrogen and oxygen atoms in total. The number of alkyl halides is 1. The SMILES string of the molecule is CC(C)C[C@H](NC(=O)OCc1ccccc1)C(=O)N[C@@H](CCC(=O)N(C)C)C(=O)CF. The average molecular weight is 438 g/mol. The Morgan fingerprint density at radius 2 is 1.68 bits per heavy atom. The van der Waals surface area contributed by atoms with Crippen LogP contribution in [0.2, 0.25) is 0 Å². The summed E-state index contributed by atoms with van der Waals surface area (Å²) in [5.41, 5.74) is 0.793. The lowest BCUT2D eigenvalue weighted by Crippen LogP contribution is -2.52. The molecule has 1 aromatic rings. The van der Waals surface area contributed by atoms with Crippen LogP contribution in [-0.2, 0) is 25.7 Å². The average Bonchev–Trinajstić information content (AvgIpc) is 2.74. The molecule has 2 N–H and O–H groups in total. The van der Waals surface area contributed by atoms with Crippen molar-refractivity contribution < 1.29 is 28.3 Å². The van der Waals surface area contributed by atoms with Crippen molar-refractivity contribution in [2.45, 2.75) is 51.8 Å². The molecule has 0 unspecified atom stereocenters. The number of amides is 3. The summed E-state index contributed by atoms with van der Waals surface area (Å²) in [6, 6.07) is 6.94. The van der Waals surface area contributed by atoms with E-state index in [1.54, 1.807) is 26.2 Å². The second-order valence-electron chi connectivity index (χ2n) is 7.88. The quantitative estimate of drug-likeness (QED) is 0.522. The molecule has 31 heavy (non-hydrogen) atoms. The minimum atomic E-state index is -1.26. The van der Waals surface area contributed by atoms with Crippen molar-refractivity contribution in [2.24, 2.45) is 5.92 Å². The number of Topliss-reactive ketones (excluding diaryl/α,β-unsaturated/α-hetero) is 1. The van der Waals surface area contributed by atoms with Gasteiger partial charge in [0.05, 0.1) is 6.04 Å². The number of hydrogen-bond donors (Lipinski definition) is 2. The first kappa shape index (κ1) is 26.1. The van der Waals surface area contributed by atoms with Crippen molar-refractivity contribution in [2.75, 3.05) is 20.8 Å². The molecule has 0 aliphatic carbocycles. The van der Waals surface area contributed by atoms with Gasteiger partial charge in [-0.25, -0.2) is 9.18 Å². The number of nitrogens with one attached hydrogen (secondary N) is 2. The van der Waals surface area contributed by atoms with Gasteiger partial charge in [-0.2, -0.15) is 0 Å². The van der Waals surface area contributed by atoms with Crippen molar-refractivity contribution in [3.63, 3.8) is 0 Å². The predicted octanol–water partition coefficient (Wildman–Crippen LogP) is 2.22. The Morgan fingerprint density at radius 3 is 2.23 bits per heavy atom. The number of hydrogen-bond acceptors (Lipinski definition) is 5. The van der Waals surface area contributed by atoms with Gasteiger partial charge in [-0.1, -0.05) is 44.2 Å². The molecule has 3 amide bonds. The highest BCUT2D eigenvalue weighted by Gasteiger charge is 2.28. The number of alkyl carbamates (subject to hydrolysis) is 1. The second kappa shape index (κ2) is 13.4. The molecule has 0 bridgehead atoms. The first-order valence-corrected chi connectivity index (χ1v) is 10.2. The van der Waals surface area contributed by atoms with Crippen LogP contribution in [-0.4, -0.2) is 61.4 Å². The molecule has 172 valence electrons. The van der Waals surface area contributed by atoms with Crippen LogP contribution in [0.25, 0.3) is 0 Å². The second-order valence-corrected chi connectivity index (χ2v) is 7.88. The number of benzene rings is 1. The van der Waals surface area contributed by atoms with E-state index in [0.717, 1.165) is 5.56 Å². The zero-order chi connectivity index (χ0) is 23.4. The summed E-state index contributed by atoms with van der Waals surface area (Å²) in [6.07, 6.45) is -0.538. The van der Waals surface area contributed by atoms with E-state index in [9.17, 15) is 23.6 Å². The summed E-state index contributed by atoms with van der Waals surface area (Å²) < 4.78 is 18.1. The fraction of sp³-hybridized carbons (Fsp3) is 0.545. The predicted molar refractivity (Wildman–Crippen MR) is 114 cm³/mol. The van der Waals surface area contributed by atoms with E-state index in [1.807, 2.05) is 32.0 Å². The molecule has 2 atom stereocenters. The lowest BCUT2D eigenvalue weighted by molar-refractivity contribution is -0.131. The maximum atomic E-state index is 13.0. The molecule has 0 heterocycles. The molecule has 0 fully saturated rings. The minimum Gasteiger partial charge on any atom is -0.445 e. The Hall–Kier alpha value is -2.97. The topological polar surface area (TPSA) is 105 Å². The number of ketones is 1. The highest BCUT2D eigenvalue weighted by Crippen LogP contribution is 2.09. The van der Waals surface area contributed by atoms with Gasteiger partial charge in [-0.3, -0.25) is 14.4 Å². The summed E-state index contributed by atoms with van der Waals surface area (Å²) in [4.78, 5) is 50.0. The highest BCUT2D eigenvalue weighted by molar-refractivity contribution is 5.93. The van der Waals surface area contributed by atoms with Gasteiger partial charge < -0.3 is 20.3 Å². The van der Waals surface area contributed by atoms with Crippen LogP contribution in [0.5, 0.6) is 0 Å². The molecular formula is C22H32FN3O5. The normalized spacial score (nSPS) is 12.6. The third kappa shape index (κ3) is 10.1. The van der Waals surface area contributed by atoms with E-state index in [-0.39, 0.29) is 31.3 Å². The van der Waals surface area contributed by atoms with Gasteiger partial charge in [0.15, 0.2) is 5.78 Å². The third-order valence-corrected chi connectivity index (χ3v) is 4.51. The maximum absolute atomic E-state index is 13.0. The molecule has 0 aliphatic rings. The molecule has 0 aromatic heterocycles. The fourth-order valence-corrected chi connectivity index (χ4v) is 2.78. The van der Waals surface area contributed by atoms with Crippen LogP contribution in [0.4, 0.5) is 9.18 Å². The van der Waals surface area contributed by atoms with E-state index >= 15 is 0 Å². The first-order chi connectivity index (χ1) is 14.6. The number of carbonyl (C=O) groups excluding carboxylic acids is 4. The highest BCUT2D eigenvalue weighted by atomic mass is 19.1. The molecule has 1 rings (SSSR count). The van der Waals surface area contributed by atoms with Crippen molar-refractivity contribution in [1.29, 1.82) is 0 Å². The van der Waals surface area contributed by atoms with E-state index in [0.29, 0.717) is 6.42 Å². The van der Waals surface area contributed by atoms with Gasteiger partial charge in [-0.05, 0) is 24.3 Å². The van der Waals surface area contributed by atoms with E-state index < -0.39 is 36.5 Å². The molecule has 0 aliphatic heterocycles. The van der Waals surface area contributed by atoms with Gasteiger partial charge in [-0.15, -0.1) is 0 Å². The zero-order valence-electron chi connectivity index (χ0n) is 18.5. The number of ether oxygens (including phenoxy) is 1. The van der Waals surface area contributed by atoms with Crippen LogP contribution in [0.1, 0.15) is 38.7 Å². The zero-order valence-corrected chi connectivity index (χ0v) is 18.5. The van der Waals surface area contributed by atoms with Crippen molar-refractivity contribution in [1.82, 2.24) is 15.5 Å². The van der Waals surface area contributed by atoms with E-state index in [1.165, 1.54) is 4.90 Å². The van der Waals surface area contributed by atoms with Gasteiger partial charge in [0.1, 0.15) is 19.3 Å². The Morgan fingerprint density at radius 1 is 1.03 bits per heavy atom. The van der Waals surface area contributed by atoms with Crippen molar-refractivity contribution >= 4 is 23.7 Å². The van der Waals surface area contributed by atoms with Crippen LogP contribution < -0.4 is 10.6 Å². The fourth-order valence-electron chi connectivity index (χ4n) is 2.78. The summed E-state index contributed by atoms with van der Waals surface area (Å²) in [5.74, 6) is -1.65. The minimum absolute atomic E-state index is 0.0227. The summed E-state index contributed by atoms with van der Waals surface area (Å²) in [6.45, 7) is 2.52. The Kier molecular flexibility index (Phi) is 11.2. The smallest absolute Gasteiger partial charge is 0.408 e. The van der Waals surface area contributed by atoms with Crippen LogP contribution in [0.3, 0.4) is 0 Å². The summed E-state index contributed by atoms with van der Waals surface area (Å²) >= 11 is 0. The molecule has 0 spiro atoms. The van der Waals surface area contributed by atoms with E-state index in [2.05, 4.69) is 10.6 Å². The number of nitrogens with zero attached hydrogens (tertiary/aromatic N) is 1. The Bertz CT molecular complexity index is 740. The summed E-state index contributed by atoms with van der Waals surface area (Å²) in [7, 11) is 3.13. The number of rotatable bonds is 12.